The van der Waals surface area contributed by atoms with E-state index in [1.54, 1.807) is 0 Å². The van der Waals surface area contributed by atoms with Crippen molar-refractivity contribution in [3.05, 3.63) is 128 Å². The Bertz CT molecular complexity index is 1260. The van der Waals surface area contributed by atoms with Gasteiger partial charge in [0.2, 0.25) is 0 Å². The van der Waals surface area contributed by atoms with Crippen LogP contribution in [0, 0.1) is 0 Å². The third-order valence-electron chi connectivity index (χ3n) is 5.37. The minimum Gasteiger partial charge on any atom is -0.256 e. The van der Waals surface area contributed by atoms with Gasteiger partial charge in [-0.2, -0.15) is 0 Å². The molecule has 1 heteroatoms. The van der Waals surface area contributed by atoms with Crippen molar-refractivity contribution < 1.29 is 0 Å². The standard InChI is InChI=1S/C29H21N/c1-3-11-22(12-4-1)25-15-7-8-16-26(25)24-18-19-27(23-13-5-2-6-14-23)28(21-24)29-17-9-10-20-30-29/h1-21H. The number of nitrogens with zero attached hydrogens (tertiary/aromatic N) is 1. The third kappa shape index (κ3) is 3.54. The van der Waals surface area contributed by atoms with Crippen molar-refractivity contribution >= 4 is 0 Å². The maximum Gasteiger partial charge on any atom is 0.0708 e. The molecule has 30 heavy (non-hydrogen) atoms. The number of rotatable bonds is 4. The minimum atomic E-state index is 0.982. The SMILES string of the molecule is c1ccc(-c2ccccc2-c2ccc(-c3ccccc3)c(-c3ccccn3)c2)cc1. The second kappa shape index (κ2) is 8.18. The first-order valence-corrected chi connectivity index (χ1v) is 10.2. The Hall–Kier alpha value is -3.97. The Labute approximate surface area is 177 Å². The molecule has 0 saturated carbocycles. The van der Waals surface area contributed by atoms with Gasteiger partial charge >= 0.3 is 0 Å². The summed E-state index contributed by atoms with van der Waals surface area (Å²) in [6.07, 6.45) is 1.86. The largest absolute Gasteiger partial charge is 0.256 e. The summed E-state index contributed by atoms with van der Waals surface area (Å²) in [6, 6.07) is 42.5. The molecule has 5 rings (SSSR count). The Morgan fingerprint density at radius 2 is 0.900 bits per heavy atom. The van der Waals surface area contributed by atoms with Crippen LogP contribution in [0.5, 0.6) is 0 Å². The summed E-state index contributed by atoms with van der Waals surface area (Å²) in [7, 11) is 0. The summed E-state index contributed by atoms with van der Waals surface area (Å²) < 4.78 is 0. The van der Waals surface area contributed by atoms with E-state index in [-0.39, 0.29) is 0 Å². The summed E-state index contributed by atoms with van der Waals surface area (Å²) in [5.41, 5.74) is 9.38. The first-order valence-electron chi connectivity index (χ1n) is 10.2. The first kappa shape index (κ1) is 18.1. The van der Waals surface area contributed by atoms with Gasteiger partial charge in [-0.3, -0.25) is 4.98 Å². The molecule has 0 spiro atoms. The van der Waals surface area contributed by atoms with Gasteiger partial charge in [0, 0.05) is 11.8 Å². The van der Waals surface area contributed by atoms with E-state index in [4.69, 9.17) is 0 Å². The fraction of sp³-hybridized carbons (Fsp3) is 0. The Balaban J connectivity index is 1.71. The summed E-state index contributed by atoms with van der Waals surface area (Å²) in [6.45, 7) is 0. The molecule has 1 aromatic heterocycles. The minimum absolute atomic E-state index is 0.982. The second-order valence-electron chi connectivity index (χ2n) is 7.25. The van der Waals surface area contributed by atoms with Crippen LogP contribution in [-0.2, 0) is 0 Å². The first-order chi connectivity index (χ1) is 14.9. The van der Waals surface area contributed by atoms with Gasteiger partial charge in [-0.1, -0.05) is 103 Å². The maximum atomic E-state index is 4.65. The number of pyridine rings is 1. The van der Waals surface area contributed by atoms with Crippen LogP contribution in [0.1, 0.15) is 0 Å². The van der Waals surface area contributed by atoms with E-state index in [1.807, 2.05) is 18.3 Å². The highest BCUT2D eigenvalue weighted by Gasteiger charge is 2.13. The summed E-state index contributed by atoms with van der Waals surface area (Å²) in [5, 5.41) is 0. The van der Waals surface area contributed by atoms with E-state index < -0.39 is 0 Å². The van der Waals surface area contributed by atoms with Crippen LogP contribution < -0.4 is 0 Å². The van der Waals surface area contributed by atoms with Crippen LogP contribution in [-0.4, -0.2) is 4.98 Å². The van der Waals surface area contributed by atoms with Crippen LogP contribution in [0.3, 0.4) is 0 Å². The lowest BCUT2D eigenvalue weighted by Crippen LogP contribution is -1.91. The third-order valence-corrected chi connectivity index (χ3v) is 5.37. The molecular formula is C29H21N. The molecule has 0 N–H and O–H groups in total. The average molecular weight is 383 g/mol. The van der Waals surface area contributed by atoms with Crippen LogP contribution in [0.15, 0.2) is 128 Å². The number of hydrogen-bond donors (Lipinski definition) is 0. The Morgan fingerprint density at radius 3 is 1.50 bits per heavy atom. The molecule has 0 aliphatic heterocycles. The van der Waals surface area contributed by atoms with Crippen molar-refractivity contribution in [3.63, 3.8) is 0 Å². The lowest BCUT2D eigenvalue weighted by molar-refractivity contribution is 1.33. The smallest absolute Gasteiger partial charge is 0.0708 e. The van der Waals surface area contributed by atoms with Crippen LogP contribution in [0.25, 0.3) is 44.6 Å². The van der Waals surface area contributed by atoms with E-state index >= 15 is 0 Å². The zero-order valence-electron chi connectivity index (χ0n) is 16.6. The molecule has 5 aromatic rings. The fourth-order valence-corrected chi connectivity index (χ4v) is 3.92. The van der Waals surface area contributed by atoms with Gasteiger partial charge in [0.15, 0.2) is 0 Å². The van der Waals surface area contributed by atoms with Gasteiger partial charge in [-0.25, -0.2) is 0 Å². The van der Waals surface area contributed by atoms with E-state index in [0.29, 0.717) is 0 Å². The van der Waals surface area contributed by atoms with Gasteiger partial charge in [-0.05, 0) is 51.6 Å². The zero-order valence-corrected chi connectivity index (χ0v) is 16.6. The molecule has 0 saturated heterocycles. The number of hydrogen-bond acceptors (Lipinski definition) is 1. The summed E-state index contributed by atoms with van der Waals surface area (Å²) in [4.78, 5) is 4.65. The molecule has 0 aliphatic rings. The highest BCUT2D eigenvalue weighted by molar-refractivity contribution is 5.89. The topological polar surface area (TPSA) is 12.9 Å². The van der Waals surface area contributed by atoms with Gasteiger partial charge in [0.25, 0.3) is 0 Å². The molecular weight excluding hydrogens is 362 g/mol. The van der Waals surface area contributed by atoms with E-state index in [2.05, 4.69) is 114 Å². The van der Waals surface area contributed by atoms with Gasteiger partial charge in [0.05, 0.1) is 5.69 Å². The monoisotopic (exact) mass is 383 g/mol. The molecule has 0 unspecified atom stereocenters. The normalized spacial score (nSPS) is 10.7. The average Bonchev–Trinajstić information content (AvgIpc) is 2.85. The Morgan fingerprint density at radius 1 is 0.367 bits per heavy atom. The van der Waals surface area contributed by atoms with E-state index in [0.717, 1.165) is 11.3 Å². The number of aromatic nitrogens is 1. The molecule has 0 radical (unpaired) electrons. The molecule has 142 valence electrons. The highest BCUT2D eigenvalue weighted by Crippen LogP contribution is 2.38. The van der Waals surface area contributed by atoms with E-state index in [1.165, 1.54) is 33.4 Å². The molecule has 0 atom stereocenters. The molecule has 0 fully saturated rings. The fourth-order valence-electron chi connectivity index (χ4n) is 3.92. The van der Waals surface area contributed by atoms with Crippen LogP contribution >= 0.6 is 0 Å². The van der Waals surface area contributed by atoms with Crippen molar-refractivity contribution in [3.8, 4) is 44.6 Å². The molecule has 1 nitrogen and oxygen atoms in total. The maximum absolute atomic E-state index is 4.65. The van der Waals surface area contributed by atoms with Crippen LogP contribution in [0.4, 0.5) is 0 Å². The van der Waals surface area contributed by atoms with Gasteiger partial charge in [-0.15, -0.1) is 0 Å². The zero-order chi connectivity index (χ0) is 20.2. The summed E-state index contributed by atoms with van der Waals surface area (Å²) >= 11 is 0. The molecule has 1 heterocycles. The lowest BCUT2D eigenvalue weighted by Gasteiger charge is -2.15. The van der Waals surface area contributed by atoms with Crippen molar-refractivity contribution in [2.75, 3.05) is 0 Å². The predicted octanol–water partition coefficient (Wildman–Crippen LogP) is 7.75. The van der Waals surface area contributed by atoms with Crippen LogP contribution in [0.2, 0.25) is 0 Å². The summed E-state index contributed by atoms with van der Waals surface area (Å²) in [5.74, 6) is 0. The van der Waals surface area contributed by atoms with Crippen molar-refractivity contribution in [2.45, 2.75) is 0 Å². The molecule has 0 amide bonds. The lowest BCUT2D eigenvalue weighted by atomic mass is 9.90. The quantitative estimate of drug-likeness (QED) is 0.309. The van der Waals surface area contributed by atoms with Crippen molar-refractivity contribution in [1.29, 1.82) is 0 Å². The molecule has 0 bridgehead atoms. The predicted molar refractivity (Wildman–Crippen MR) is 126 cm³/mol. The Kier molecular flexibility index (Phi) is 4.93. The second-order valence-corrected chi connectivity index (χ2v) is 7.25. The van der Waals surface area contributed by atoms with Crippen molar-refractivity contribution in [1.82, 2.24) is 4.98 Å². The molecule has 0 aliphatic carbocycles. The van der Waals surface area contributed by atoms with Gasteiger partial charge in [0.1, 0.15) is 0 Å². The van der Waals surface area contributed by atoms with Gasteiger partial charge < -0.3 is 0 Å². The van der Waals surface area contributed by atoms with E-state index in [9.17, 15) is 0 Å². The number of benzene rings is 4. The van der Waals surface area contributed by atoms with Crippen molar-refractivity contribution in [2.24, 2.45) is 0 Å². The molecule has 4 aromatic carbocycles. The highest BCUT2D eigenvalue weighted by atomic mass is 14.7.